The van der Waals surface area contributed by atoms with E-state index in [4.69, 9.17) is 0 Å². The van der Waals surface area contributed by atoms with Gasteiger partial charge in [-0.1, -0.05) is 48.2 Å². The maximum Gasteiger partial charge on any atom is 0.233 e. The minimum Gasteiger partial charge on any atom is -0.360 e. The first-order valence-electron chi connectivity index (χ1n) is 11.1. The van der Waals surface area contributed by atoms with E-state index in [9.17, 15) is 4.79 Å². The van der Waals surface area contributed by atoms with Gasteiger partial charge in [0.25, 0.3) is 0 Å². The van der Waals surface area contributed by atoms with Crippen molar-refractivity contribution in [1.82, 2.24) is 24.6 Å². The number of thioether (sulfide) groups is 1. The van der Waals surface area contributed by atoms with Crippen molar-refractivity contribution >= 4 is 28.6 Å². The van der Waals surface area contributed by atoms with Crippen molar-refractivity contribution in [3.05, 3.63) is 60.3 Å². The van der Waals surface area contributed by atoms with Crippen LogP contribution in [0, 0.1) is 6.92 Å². The molecule has 0 radical (unpaired) electrons. The molecule has 1 aliphatic rings. The zero-order valence-electron chi connectivity index (χ0n) is 18.4. The second-order valence-electron chi connectivity index (χ2n) is 8.40. The summed E-state index contributed by atoms with van der Waals surface area (Å²) < 4.78 is 2.09. The van der Waals surface area contributed by atoms with E-state index in [2.05, 4.69) is 57.9 Å². The normalized spacial score (nSPS) is 16.6. The number of H-pyrrole nitrogens is 1. The number of carbonyl (C=O) groups is 1. The second kappa shape index (κ2) is 8.82. The SMILES string of the molecule is Cc1ccccc1-n1c(SCC(=O)N2CCCC[C@@H]2C)nnc1-c1c[nH]c2ccccc12. The van der Waals surface area contributed by atoms with E-state index in [1.54, 1.807) is 0 Å². The fraction of sp³-hybridized carbons (Fsp3) is 0.320. The van der Waals surface area contributed by atoms with Crippen LogP contribution in [0.5, 0.6) is 0 Å². The van der Waals surface area contributed by atoms with Gasteiger partial charge in [0, 0.05) is 35.2 Å². The number of aromatic amines is 1. The minimum absolute atomic E-state index is 0.176. The smallest absolute Gasteiger partial charge is 0.233 e. The van der Waals surface area contributed by atoms with Crippen LogP contribution in [-0.4, -0.2) is 48.9 Å². The third kappa shape index (κ3) is 3.81. The fourth-order valence-corrected chi connectivity index (χ4v) is 5.33. The van der Waals surface area contributed by atoms with Gasteiger partial charge < -0.3 is 9.88 Å². The molecule has 5 rings (SSSR count). The van der Waals surface area contributed by atoms with Crippen LogP contribution in [0.4, 0.5) is 0 Å². The summed E-state index contributed by atoms with van der Waals surface area (Å²) in [7, 11) is 0. The molecule has 2 aromatic heterocycles. The monoisotopic (exact) mass is 445 g/mol. The summed E-state index contributed by atoms with van der Waals surface area (Å²) in [5.41, 5.74) is 4.22. The van der Waals surface area contributed by atoms with Crippen molar-refractivity contribution in [3.8, 4) is 17.1 Å². The number of aromatic nitrogens is 4. The van der Waals surface area contributed by atoms with Gasteiger partial charge in [0.05, 0.1) is 11.4 Å². The fourth-order valence-electron chi connectivity index (χ4n) is 4.50. The van der Waals surface area contributed by atoms with Gasteiger partial charge in [-0.25, -0.2) is 0 Å². The van der Waals surface area contributed by atoms with Crippen LogP contribution in [0.2, 0.25) is 0 Å². The lowest BCUT2D eigenvalue weighted by Gasteiger charge is -2.33. The lowest BCUT2D eigenvalue weighted by molar-refractivity contribution is -0.131. The predicted octanol–water partition coefficient (Wildman–Crippen LogP) is 5.22. The van der Waals surface area contributed by atoms with Gasteiger partial charge >= 0.3 is 0 Å². The summed E-state index contributed by atoms with van der Waals surface area (Å²) in [6, 6.07) is 16.7. The molecule has 32 heavy (non-hydrogen) atoms. The first-order chi connectivity index (χ1) is 15.6. The van der Waals surface area contributed by atoms with Crippen LogP contribution in [-0.2, 0) is 4.79 Å². The summed E-state index contributed by atoms with van der Waals surface area (Å²) in [5.74, 6) is 1.32. The molecule has 1 atom stereocenters. The molecule has 1 amide bonds. The molecule has 0 aliphatic carbocycles. The minimum atomic E-state index is 0.176. The number of likely N-dealkylation sites (tertiary alicyclic amines) is 1. The number of hydrogen-bond acceptors (Lipinski definition) is 4. The van der Waals surface area contributed by atoms with Crippen LogP contribution in [0.1, 0.15) is 31.7 Å². The largest absolute Gasteiger partial charge is 0.360 e. The molecule has 7 heteroatoms. The molecular formula is C25H27N5OS. The average Bonchev–Trinajstić information content (AvgIpc) is 3.42. The molecule has 2 aromatic carbocycles. The number of piperidine rings is 1. The molecule has 0 spiro atoms. The Labute approximate surface area is 192 Å². The quantitative estimate of drug-likeness (QED) is 0.428. The average molecular weight is 446 g/mol. The topological polar surface area (TPSA) is 66.8 Å². The van der Waals surface area contributed by atoms with E-state index in [1.807, 2.05) is 35.4 Å². The van der Waals surface area contributed by atoms with Crippen LogP contribution in [0.25, 0.3) is 28.0 Å². The summed E-state index contributed by atoms with van der Waals surface area (Å²) in [6.45, 7) is 5.08. The number of hydrogen-bond donors (Lipinski definition) is 1. The number of aryl methyl sites for hydroxylation is 1. The van der Waals surface area contributed by atoms with Gasteiger partial charge in [0.2, 0.25) is 5.91 Å². The molecule has 0 unspecified atom stereocenters. The number of nitrogens with zero attached hydrogens (tertiary/aromatic N) is 4. The maximum atomic E-state index is 12.9. The predicted molar refractivity (Wildman–Crippen MR) is 129 cm³/mol. The van der Waals surface area contributed by atoms with Gasteiger partial charge in [-0.15, -0.1) is 10.2 Å². The van der Waals surface area contributed by atoms with Gasteiger partial charge in [0.15, 0.2) is 11.0 Å². The second-order valence-corrected chi connectivity index (χ2v) is 9.34. The van der Waals surface area contributed by atoms with E-state index in [0.717, 1.165) is 58.1 Å². The Bertz CT molecular complexity index is 1260. The number of nitrogens with one attached hydrogen (secondary N) is 1. The van der Waals surface area contributed by atoms with Gasteiger partial charge in [-0.3, -0.25) is 9.36 Å². The summed E-state index contributed by atoms with van der Waals surface area (Å²) in [5, 5.41) is 10.9. The first-order valence-corrected chi connectivity index (χ1v) is 12.1. The number of amides is 1. The zero-order chi connectivity index (χ0) is 22.1. The highest BCUT2D eigenvalue weighted by molar-refractivity contribution is 7.99. The Morgan fingerprint density at radius 1 is 1.12 bits per heavy atom. The van der Waals surface area contributed by atoms with Crippen molar-refractivity contribution in [2.24, 2.45) is 0 Å². The molecule has 0 bridgehead atoms. The van der Waals surface area contributed by atoms with Gasteiger partial charge in [-0.05, 0) is 50.8 Å². The van der Waals surface area contributed by atoms with Crippen molar-refractivity contribution in [3.63, 3.8) is 0 Å². The van der Waals surface area contributed by atoms with Crippen LogP contribution in [0.15, 0.2) is 59.9 Å². The van der Waals surface area contributed by atoms with Gasteiger partial charge in [-0.2, -0.15) is 0 Å². The van der Waals surface area contributed by atoms with Crippen LogP contribution >= 0.6 is 11.8 Å². The molecular weight excluding hydrogens is 418 g/mol. The Kier molecular flexibility index (Phi) is 5.74. The van der Waals surface area contributed by atoms with E-state index in [1.165, 1.54) is 18.2 Å². The zero-order valence-corrected chi connectivity index (χ0v) is 19.2. The highest BCUT2D eigenvalue weighted by atomic mass is 32.2. The number of carbonyl (C=O) groups excluding carboxylic acids is 1. The number of rotatable bonds is 5. The third-order valence-corrected chi connectivity index (χ3v) is 7.18. The number of para-hydroxylation sites is 2. The highest BCUT2D eigenvalue weighted by Gasteiger charge is 2.25. The lowest BCUT2D eigenvalue weighted by atomic mass is 10.0. The molecule has 3 heterocycles. The standard InChI is InChI=1S/C25H27N5OS/c1-17-9-3-6-13-22(17)30-24(20-15-26-21-12-5-4-11-19(20)21)27-28-25(30)32-16-23(31)29-14-8-7-10-18(29)2/h3-6,9,11-13,15,18,26H,7-8,10,14,16H2,1-2H3/t18-/m0/s1. The summed E-state index contributed by atoms with van der Waals surface area (Å²) in [4.78, 5) is 18.3. The molecule has 4 aromatic rings. The van der Waals surface area contributed by atoms with Crippen molar-refractivity contribution < 1.29 is 4.79 Å². The van der Waals surface area contributed by atoms with Crippen molar-refractivity contribution in [1.29, 1.82) is 0 Å². The lowest BCUT2D eigenvalue weighted by Crippen LogP contribution is -2.42. The first kappa shape index (κ1) is 20.8. The van der Waals surface area contributed by atoms with E-state index in [-0.39, 0.29) is 5.91 Å². The third-order valence-electron chi connectivity index (χ3n) is 6.27. The van der Waals surface area contributed by atoms with Crippen molar-refractivity contribution in [2.75, 3.05) is 12.3 Å². The Morgan fingerprint density at radius 3 is 2.78 bits per heavy atom. The maximum absolute atomic E-state index is 12.9. The highest BCUT2D eigenvalue weighted by Crippen LogP contribution is 2.33. The Hall–Kier alpha value is -3.06. The number of benzene rings is 2. The van der Waals surface area contributed by atoms with E-state index in [0.29, 0.717) is 11.8 Å². The molecule has 1 saturated heterocycles. The molecule has 1 fully saturated rings. The summed E-state index contributed by atoms with van der Waals surface area (Å²) >= 11 is 1.47. The Balaban J connectivity index is 1.52. The number of fused-ring (bicyclic) bond motifs is 1. The molecule has 164 valence electrons. The van der Waals surface area contributed by atoms with Gasteiger partial charge in [0.1, 0.15) is 0 Å². The molecule has 1 N–H and O–H groups in total. The van der Waals surface area contributed by atoms with E-state index >= 15 is 0 Å². The molecule has 0 saturated carbocycles. The van der Waals surface area contributed by atoms with Crippen LogP contribution in [0.3, 0.4) is 0 Å². The Morgan fingerprint density at radius 2 is 1.94 bits per heavy atom. The molecule has 6 nitrogen and oxygen atoms in total. The van der Waals surface area contributed by atoms with Crippen LogP contribution < -0.4 is 0 Å². The van der Waals surface area contributed by atoms with E-state index < -0.39 is 0 Å². The molecule has 1 aliphatic heterocycles. The van der Waals surface area contributed by atoms with Crippen molar-refractivity contribution in [2.45, 2.75) is 44.3 Å². The summed E-state index contributed by atoms with van der Waals surface area (Å²) in [6.07, 6.45) is 5.36.